The minimum Gasteiger partial charge on any atom is -0.357 e. The number of amides is 1. The van der Waals surface area contributed by atoms with Crippen LogP contribution in [-0.4, -0.2) is 53.7 Å². The molecule has 1 heterocycles. The van der Waals surface area contributed by atoms with Gasteiger partial charge in [-0.05, 0) is 19.1 Å². The number of carbonyl (C=O) groups is 1. The summed E-state index contributed by atoms with van der Waals surface area (Å²) in [6.07, 6.45) is 3.75. The Balaban J connectivity index is 1.98. The predicted octanol–water partition coefficient (Wildman–Crippen LogP) is 1.02. The summed E-state index contributed by atoms with van der Waals surface area (Å²) in [7, 11) is 3.46. The predicted molar refractivity (Wildman–Crippen MR) is 95.1 cm³/mol. The van der Waals surface area contributed by atoms with Crippen molar-refractivity contribution >= 4 is 11.9 Å². The van der Waals surface area contributed by atoms with E-state index in [4.69, 9.17) is 0 Å². The largest absolute Gasteiger partial charge is 0.357 e. The molecule has 0 unspecified atom stereocenters. The molecule has 1 aromatic carbocycles. The average Bonchev–Trinajstić information content (AvgIpc) is 3.06. The molecule has 0 atom stereocenters. The van der Waals surface area contributed by atoms with Gasteiger partial charge in [-0.25, -0.2) is 9.67 Å². The molecule has 128 valence electrons. The van der Waals surface area contributed by atoms with Crippen molar-refractivity contribution in [2.75, 3.05) is 27.2 Å². The third-order valence-corrected chi connectivity index (χ3v) is 3.33. The summed E-state index contributed by atoms with van der Waals surface area (Å²) in [6.45, 7) is 3.41. The first-order valence-corrected chi connectivity index (χ1v) is 7.91. The van der Waals surface area contributed by atoms with Crippen molar-refractivity contribution in [3.05, 3.63) is 48.3 Å². The van der Waals surface area contributed by atoms with Gasteiger partial charge in [-0.2, -0.15) is 5.10 Å². The van der Waals surface area contributed by atoms with Crippen LogP contribution in [0.5, 0.6) is 0 Å². The molecule has 1 aromatic heterocycles. The minimum absolute atomic E-state index is 0.00231. The van der Waals surface area contributed by atoms with Crippen LogP contribution in [0, 0.1) is 0 Å². The van der Waals surface area contributed by atoms with Crippen LogP contribution in [0.4, 0.5) is 0 Å². The van der Waals surface area contributed by atoms with E-state index in [9.17, 15) is 4.79 Å². The van der Waals surface area contributed by atoms with Gasteiger partial charge in [0.15, 0.2) is 5.96 Å². The first kappa shape index (κ1) is 17.5. The van der Waals surface area contributed by atoms with Crippen molar-refractivity contribution in [1.82, 2.24) is 25.3 Å². The zero-order valence-electron chi connectivity index (χ0n) is 14.4. The van der Waals surface area contributed by atoms with Crippen molar-refractivity contribution in [2.45, 2.75) is 13.5 Å². The number of rotatable bonds is 6. The molecular weight excluding hydrogens is 304 g/mol. The number of guanidine groups is 1. The summed E-state index contributed by atoms with van der Waals surface area (Å²) in [5.41, 5.74) is 2.00. The number of likely N-dealkylation sites (N-methyl/N-ethyl adjacent to an activating group) is 1. The molecule has 2 rings (SSSR count). The van der Waals surface area contributed by atoms with Crippen molar-refractivity contribution in [2.24, 2.45) is 4.99 Å². The fourth-order valence-electron chi connectivity index (χ4n) is 1.99. The molecule has 0 aliphatic rings. The first-order chi connectivity index (χ1) is 11.6. The van der Waals surface area contributed by atoms with Crippen LogP contribution in [0.15, 0.2) is 47.7 Å². The highest BCUT2D eigenvalue weighted by Gasteiger charge is 2.06. The van der Waals surface area contributed by atoms with Crippen LogP contribution in [0.2, 0.25) is 0 Å². The summed E-state index contributed by atoms with van der Waals surface area (Å²) in [5.74, 6) is 0.609. The van der Waals surface area contributed by atoms with Crippen LogP contribution in [0.3, 0.4) is 0 Å². The molecule has 0 aliphatic heterocycles. The third kappa shape index (κ3) is 5.12. The Bertz CT molecular complexity index is 677. The normalized spacial score (nSPS) is 11.2. The molecule has 0 radical (unpaired) electrons. The molecule has 2 aromatic rings. The SMILES string of the molecule is CCNC(=NCc1cnn(-c2ccccc2)c1)NCC(=O)N(C)C. The van der Waals surface area contributed by atoms with Crippen molar-refractivity contribution in [3.8, 4) is 5.69 Å². The third-order valence-electron chi connectivity index (χ3n) is 3.33. The minimum atomic E-state index is -0.00231. The molecule has 0 saturated heterocycles. The van der Waals surface area contributed by atoms with Gasteiger partial charge in [0.2, 0.25) is 5.91 Å². The highest BCUT2D eigenvalue weighted by atomic mass is 16.2. The number of nitrogens with one attached hydrogen (secondary N) is 2. The lowest BCUT2D eigenvalue weighted by Crippen LogP contribution is -2.42. The summed E-state index contributed by atoms with van der Waals surface area (Å²) in [5, 5.41) is 10.5. The summed E-state index contributed by atoms with van der Waals surface area (Å²) >= 11 is 0. The monoisotopic (exact) mass is 328 g/mol. The number of aromatic nitrogens is 2. The van der Waals surface area contributed by atoms with Gasteiger partial charge in [0.25, 0.3) is 0 Å². The molecule has 24 heavy (non-hydrogen) atoms. The van der Waals surface area contributed by atoms with Gasteiger partial charge in [0.05, 0.1) is 25.0 Å². The Kier molecular flexibility index (Phi) is 6.36. The second-order valence-corrected chi connectivity index (χ2v) is 5.47. The zero-order chi connectivity index (χ0) is 17.4. The number of para-hydroxylation sites is 1. The van der Waals surface area contributed by atoms with Crippen LogP contribution >= 0.6 is 0 Å². The summed E-state index contributed by atoms with van der Waals surface area (Å²) in [4.78, 5) is 17.7. The van der Waals surface area contributed by atoms with E-state index < -0.39 is 0 Å². The topological polar surface area (TPSA) is 74.5 Å². The molecule has 0 aliphatic carbocycles. The number of nitrogens with zero attached hydrogens (tertiary/aromatic N) is 4. The van der Waals surface area contributed by atoms with E-state index >= 15 is 0 Å². The van der Waals surface area contributed by atoms with Gasteiger partial charge in [-0.15, -0.1) is 0 Å². The van der Waals surface area contributed by atoms with Gasteiger partial charge in [-0.3, -0.25) is 4.79 Å². The van der Waals surface area contributed by atoms with Gasteiger partial charge < -0.3 is 15.5 Å². The lowest BCUT2D eigenvalue weighted by Gasteiger charge is -2.13. The summed E-state index contributed by atoms with van der Waals surface area (Å²) in [6, 6.07) is 9.92. The Morgan fingerprint density at radius 2 is 2.00 bits per heavy atom. The summed E-state index contributed by atoms with van der Waals surface area (Å²) < 4.78 is 1.82. The lowest BCUT2D eigenvalue weighted by atomic mass is 10.3. The van der Waals surface area contributed by atoms with E-state index in [1.165, 1.54) is 0 Å². The van der Waals surface area contributed by atoms with E-state index in [0.29, 0.717) is 12.5 Å². The molecule has 0 fully saturated rings. The Morgan fingerprint density at radius 3 is 2.67 bits per heavy atom. The van der Waals surface area contributed by atoms with Gasteiger partial charge in [0.1, 0.15) is 0 Å². The van der Waals surface area contributed by atoms with E-state index in [1.807, 2.05) is 48.1 Å². The smallest absolute Gasteiger partial charge is 0.241 e. The Hall–Kier alpha value is -2.83. The van der Waals surface area contributed by atoms with Gasteiger partial charge >= 0.3 is 0 Å². The number of hydrogen-bond acceptors (Lipinski definition) is 3. The molecule has 2 N–H and O–H groups in total. The standard InChI is InChI=1S/C17H24N6O/c1-4-18-17(20-12-16(24)22(2)3)19-10-14-11-21-23(13-14)15-8-6-5-7-9-15/h5-9,11,13H,4,10,12H2,1-3H3,(H2,18,19,20). The Labute approximate surface area is 142 Å². The maximum absolute atomic E-state index is 11.7. The quantitative estimate of drug-likeness (QED) is 0.613. The molecule has 0 saturated carbocycles. The zero-order valence-corrected chi connectivity index (χ0v) is 14.4. The molecule has 7 heteroatoms. The second-order valence-electron chi connectivity index (χ2n) is 5.47. The van der Waals surface area contributed by atoms with Crippen LogP contribution < -0.4 is 10.6 Å². The van der Waals surface area contributed by atoms with E-state index in [-0.39, 0.29) is 12.5 Å². The maximum Gasteiger partial charge on any atom is 0.241 e. The highest BCUT2D eigenvalue weighted by Crippen LogP contribution is 2.08. The molecule has 7 nitrogen and oxygen atoms in total. The van der Waals surface area contributed by atoms with E-state index in [1.54, 1.807) is 25.2 Å². The van der Waals surface area contributed by atoms with Crippen molar-refractivity contribution < 1.29 is 4.79 Å². The molecular formula is C17H24N6O. The number of hydrogen-bond donors (Lipinski definition) is 2. The first-order valence-electron chi connectivity index (χ1n) is 7.91. The van der Waals surface area contributed by atoms with Crippen molar-refractivity contribution in [1.29, 1.82) is 0 Å². The van der Waals surface area contributed by atoms with Crippen LogP contribution in [0.25, 0.3) is 5.69 Å². The fraction of sp³-hybridized carbons (Fsp3) is 0.353. The molecule has 0 bridgehead atoms. The van der Waals surface area contributed by atoms with E-state index in [2.05, 4.69) is 20.7 Å². The van der Waals surface area contributed by atoms with Crippen LogP contribution in [0.1, 0.15) is 12.5 Å². The van der Waals surface area contributed by atoms with Crippen molar-refractivity contribution in [3.63, 3.8) is 0 Å². The second kappa shape index (κ2) is 8.71. The van der Waals surface area contributed by atoms with Gasteiger partial charge in [-0.1, -0.05) is 18.2 Å². The maximum atomic E-state index is 11.7. The number of aliphatic imine (C=N–C) groups is 1. The fourth-order valence-corrected chi connectivity index (χ4v) is 1.99. The molecule has 0 spiro atoms. The molecule has 1 amide bonds. The number of benzene rings is 1. The van der Waals surface area contributed by atoms with Crippen LogP contribution in [-0.2, 0) is 11.3 Å². The average molecular weight is 328 g/mol. The van der Waals surface area contributed by atoms with Gasteiger partial charge in [0, 0.05) is 32.4 Å². The lowest BCUT2D eigenvalue weighted by molar-refractivity contribution is -0.127. The number of carbonyl (C=O) groups excluding carboxylic acids is 1. The Morgan fingerprint density at radius 1 is 1.25 bits per heavy atom. The highest BCUT2D eigenvalue weighted by molar-refractivity contribution is 5.86. The van der Waals surface area contributed by atoms with E-state index in [0.717, 1.165) is 17.8 Å².